The Kier molecular flexibility index (Phi) is 4.50. The Balaban J connectivity index is 2.02. The summed E-state index contributed by atoms with van der Waals surface area (Å²) in [4.78, 5) is 13.2. The van der Waals surface area contributed by atoms with Crippen molar-refractivity contribution in [2.45, 2.75) is 13.2 Å². The molecule has 0 aliphatic carbocycles. The molecule has 1 heterocycles. The number of ether oxygens (including phenoxy) is 2. The van der Waals surface area contributed by atoms with Crippen LogP contribution in [0.1, 0.15) is 6.92 Å². The lowest BCUT2D eigenvalue weighted by molar-refractivity contribution is -0.0922. The van der Waals surface area contributed by atoms with Crippen LogP contribution in [0.5, 0.6) is 5.75 Å². The molecule has 1 aromatic rings. The molecule has 0 bridgehead atoms. The fourth-order valence-electron chi connectivity index (χ4n) is 1.95. The van der Waals surface area contributed by atoms with Crippen LogP contribution in [-0.2, 0) is 4.74 Å². The van der Waals surface area contributed by atoms with Crippen molar-refractivity contribution in [3.8, 4) is 5.75 Å². The zero-order valence-corrected chi connectivity index (χ0v) is 11.5. The van der Waals surface area contributed by atoms with Gasteiger partial charge in [-0.15, -0.1) is 0 Å². The summed E-state index contributed by atoms with van der Waals surface area (Å²) in [5, 5.41) is 0.638. The number of nitrogens with two attached hydrogens (primary N) is 1. The Labute approximate surface area is 117 Å². The molecule has 5 nitrogen and oxygen atoms in total. The van der Waals surface area contributed by atoms with Gasteiger partial charge in [-0.2, -0.15) is 0 Å². The van der Waals surface area contributed by atoms with Crippen molar-refractivity contribution < 1.29 is 14.3 Å². The lowest BCUT2D eigenvalue weighted by Gasteiger charge is -2.45. The molecule has 0 saturated carbocycles. The highest BCUT2D eigenvalue weighted by Gasteiger charge is 2.43. The highest BCUT2D eigenvalue weighted by Crippen LogP contribution is 2.28. The lowest BCUT2D eigenvalue weighted by Crippen LogP contribution is -2.63. The number of carbonyl (C=O) groups excluding carboxylic acids is 1. The average Bonchev–Trinajstić information content (AvgIpc) is 2.37. The van der Waals surface area contributed by atoms with Crippen LogP contribution in [0.2, 0.25) is 5.02 Å². The second-order valence-corrected chi connectivity index (χ2v) is 4.75. The van der Waals surface area contributed by atoms with Crippen molar-refractivity contribution in [3.05, 3.63) is 29.3 Å². The van der Waals surface area contributed by atoms with Crippen LogP contribution in [-0.4, -0.2) is 36.9 Å². The van der Waals surface area contributed by atoms with Crippen LogP contribution in [0.4, 0.5) is 4.79 Å². The monoisotopic (exact) mass is 284 g/mol. The Morgan fingerprint density at radius 1 is 1.47 bits per heavy atom. The second kappa shape index (κ2) is 6.12. The van der Waals surface area contributed by atoms with Gasteiger partial charge in [0.15, 0.2) is 6.23 Å². The van der Waals surface area contributed by atoms with Crippen molar-refractivity contribution in [2.75, 3.05) is 19.7 Å². The summed E-state index contributed by atoms with van der Waals surface area (Å²) in [5.74, 6) is 0.780. The summed E-state index contributed by atoms with van der Waals surface area (Å²) in [7, 11) is 0. The number of amides is 1. The van der Waals surface area contributed by atoms with Crippen LogP contribution in [0.25, 0.3) is 0 Å². The van der Waals surface area contributed by atoms with Gasteiger partial charge in [0, 0.05) is 24.0 Å². The van der Waals surface area contributed by atoms with Crippen LogP contribution in [0.3, 0.4) is 0 Å². The van der Waals surface area contributed by atoms with Gasteiger partial charge in [-0.1, -0.05) is 11.6 Å². The highest BCUT2D eigenvalue weighted by molar-refractivity contribution is 6.30. The smallest absolute Gasteiger partial charge is 0.412 e. The molecule has 1 aliphatic rings. The molecule has 2 unspecified atom stereocenters. The average molecular weight is 285 g/mol. The second-order valence-electron chi connectivity index (χ2n) is 4.31. The zero-order valence-electron chi connectivity index (χ0n) is 10.7. The summed E-state index contributed by atoms with van der Waals surface area (Å²) in [5.41, 5.74) is 5.66. The quantitative estimate of drug-likeness (QED) is 0.919. The van der Waals surface area contributed by atoms with Gasteiger partial charge >= 0.3 is 6.09 Å². The molecule has 0 aromatic heterocycles. The van der Waals surface area contributed by atoms with Gasteiger partial charge in [-0.3, -0.25) is 4.90 Å². The molecular formula is C13H17ClN2O3. The van der Waals surface area contributed by atoms with E-state index in [2.05, 4.69) is 0 Å². The van der Waals surface area contributed by atoms with E-state index in [9.17, 15) is 4.79 Å². The predicted octanol–water partition coefficient (Wildman–Crippen LogP) is 2.09. The first kappa shape index (κ1) is 14.0. The number of rotatable bonds is 4. The number of halogens is 1. The van der Waals surface area contributed by atoms with E-state index in [1.807, 2.05) is 0 Å². The molecule has 2 N–H and O–H groups in total. The van der Waals surface area contributed by atoms with E-state index in [-0.39, 0.29) is 18.2 Å². The molecule has 0 spiro atoms. The number of carbonyl (C=O) groups is 1. The van der Waals surface area contributed by atoms with Crippen molar-refractivity contribution in [2.24, 2.45) is 11.7 Å². The van der Waals surface area contributed by atoms with Gasteiger partial charge in [0.2, 0.25) is 0 Å². The largest absolute Gasteiger partial charge is 0.470 e. The molecule has 1 saturated heterocycles. The van der Waals surface area contributed by atoms with Crippen LogP contribution in [0.15, 0.2) is 24.3 Å². The minimum absolute atomic E-state index is 0.125. The molecule has 2 atom stereocenters. The first-order chi connectivity index (χ1) is 9.15. The fourth-order valence-corrected chi connectivity index (χ4v) is 2.08. The zero-order chi connectivity index (χ0) is 13.8. The third-order valence-corrected chi connectivity index (χ3v) is 3.27. The number of benzene rings is 1. The van der Waals surface area contributed by atoms with Gasteiger partial charge in [0.05, 0.1) is 6.61 Å². The standard InChI is InChI=1S/C13H17ClN2O3/c1-2-18-13(17)16-8-9(7-15)12(16)19-11-5-3-10(14)4-6-11/h3-6,9,12H,2,7-8,15H2,1H3. The Bertz CT molecular complexity index is 438. The summed E-state index contributed by atoms with van der Waals surface area (Å²) in [6, 6.07) is 7.00. The minimum Gasteiger partial charge on any atom is -0.470 e. The third kappa shape index (κ3) is 3.11. The molecule has 2 rings (SSSR count). The summed E-state index contributed by atoms with van der Waals surface area (Å²) >= 11 is 5.81. The summed E-state index contributed by atoms with van der Waals surface area (Å²) in [6.45, 7) is 3.14. The lowest BCUT2D eigenvalue weighted by atomic mass is 9.98. The highest BCUT2D eigenvalue weighted by atomic mass is 35.5. The molecular weight excluding hydrogens is 268 g/mol. The van der Waals surface area contributed by atoms with Gasteiger partial charge in [0.25, 0.3) is 0 Å². The van der Waals surface area contributed by atoms with Gasteiger partial charge in [-0.05, 0) is 31.2 Å². The molecule has 0 radical (unpaired) electrons. The number of likely N-dealkylation sites (tertiary alicyclic amines) is 1. The number of hydrogen-bond acceptors (Lipinski definition) is 4. The first-order valence-corrected chi connectivity index (χ1v) is 6.59. The van der Waals surface area contributed by atoms with E-state index >= 15 is 0 Å². The summed E-state index contributed by atoms with van der Waals surface area (Å²) < 4.78 is 10.7. The van der Waals surface area contributed by atoms with Crippen LogP contribution < -0.4 is 10.5 Å². The van der Waals surface area contributed by atoms with E-state index in [0.29, 0.717) is 30.5 Å². The maximum Gasteiger partial charge on any atom is 0.412 e. The van der Waals surface area contributed by atoms with E-state index < -0.39 is 0 Å². The maximum absolute atomic E-state index is 11.7. The predicted molar refractivity (Wildman–Crippen MR) is 72.1 cm³/mol. The van der Waals surface area contributed by atoms with Crippen molar-refractivity contribution in [3.63, 3.8) is 0 Å². The molecule has 104 valence electrons. The number of nitrogens with zero attached hydrogens (tertiary/aromatic N) is 1. The maximum atomic E-state index is 11.7. The topological polar surface area (TPSA) is 64.8 Å². The Hall–Kier alpha value is -1.46. The van der Waals surface area contributed by atoms with Gasteiger partial charge in [0.1, 0.15) is 5.75 Å². The summed E-state index contributed by atoms with van der Waals surface area (Å²) in [6.07, 6.45) is -0.739. The van der Waals surface area contributed by atoms with Crippen molar-refractivity contribution >= 4 is 17.7 Å². The number of hydrogen-bond donors (Lipinski definition) is 1. The Morgan fingerprint density at radius 2 is 2.16 bits per heavy atom. The van der Waals surface area contributed by atoms with Gasteiger partial charge < -0.3 is 15.2 Å². The van der Waals surface area contributed by atoms with E-state index in [1.165, 1.54) is 4.90 Å². The molecule has 19 heavy (non-hydrogen) atoms. The SMILES string of the molecule is CCOC(=O)N1CC(CN)C1Oc1ccc(Cl)cc1. The van der Waals surface area contributed by atoms with E-state index in [1.54, 1.807) is 31.2 Å². The minimum atomic E-state index is -0.370. The first-order valence-electron chi connectivity index (χ1n) is 6.21. The molecule has 1 aliphatic heterocycles. The van der Waals surface area contributed by atoms with Crippen molar-refractivity contribution in [1.29, 1.82) is 0 Å². The molecule has 6 heteroatoms. The van der Waals surface area contributed by atoms with E-state index in [4.69, 9.17) is 26.8 Å². The van der Waals surface area contributed by atoms with Crippen LogP contribution >= 0.6 is 11.6 Å². The molecule has 1 fully saturated rings. The van der Waals surface area contributed by atoms with E-state index in [0.717, 1.165) is 0 Å². The molecule has 1 aromatic carbocycles. The van der Waals surface area contributed by atoms with Gasteiger partial charge in [-0.25, -0.2) is 4.79 Å². The third-order valence-electron chi connectivity index (χ3n) is 3.02. The fraction of sp³-hybridized carbons (Fsp3) is 0.462. The normalized spacial score (nSPS) is 21.7. The van der Waals surface area contributed by atoms with Crippen LogP contribution in [0, 0.1) is 5.92 Å². The molecule has 1 amide bonds. The van der Waals surface area contributed by atoms with Crippen molar-refractivity contribution in [1.82, 2.24) is 4.90 Å². The Morgan fingerprint density at radius 3 is 2.74 bits per heavy atom.